The van der Waals surface area contributed by atoms with Crippen molar-refractivity contribution in [1.29, 1.82) is 0 Å². The van der Waals surface area contributed by atoms with Gasteiger partial charge in [0.25, 0.3) is 0 Å². The second-order valence-corrected chi connectivity index (χ2v) is 3.42. The average molecular weight is 160 g/mol. The lowest BCUT2D eigenvalue weighted by atomic mass is 9.41. The molecule has 0 heterocycles. The summed E-state index contributed by atoms with van der Waals surface area (Å²) in [6.45, 7) is 7.41. The SMILES string of the molecule is CCB(CC)c1ccc(C)cc1. The fourth-order valence-corrected chi connectivity index (χ4v) is 1.60. The fraction of sp³-hybridized carbons (Fsp3) is 0.455. The first-order valence-electron chi connectivity index (χ1n) is 4.84. The van der Waals surface area contributed by atoms with E-state index in [4.69, 9.17) is 0 Å². The summed E-state index contributed by atoms with van der Waals surface area (Å²) in [5.74, 6) is 0. The monoisotopic (exact) mass is 160 g/mol. The lowest BCUT2D eigenvalue weighted by Crippen LogP contribution is -2.27. The van der Waals surface area contributed by atoms with Crippen LogP contribution in [0.3, 0.4) is 0 Å². The van der Waals surface area contributed by atoms with Crippen LogP contribution in [-0.2, 0) is 0 Å². The minimum absolute atomic E-state index is 0.755. The first kappa shape index (κ1) is 9.37. The molecule has 0 unspecified atom stereocenters. The highest BCUT2D eigenvalue weighted by Crippen LogP contribution is 2.01. The predicted octanol–water partition coefficient (Wildman–Crippen LogP) is 2.74. The maximum absolute atomic E-state index is 2.26. The topological polar surface area (TPSA) is 0 Å². The van der Waals surface area contributed by atoms with Crippen LogP contribution in [0.2, 0.25) is 12.6 Å². The van der Waals surface area contributed by atoms with Crippen molar-refractivity contribution in [3.05, 3.63) is 29.8 Å². The van der Waals surface area contributed by atoms with E-state index in [9.17, 15) is 0 Å². The van der Waals surface area contributed by atoms with Gasteiger partial charge in [-0.2, -0.15) is 0 Å². The quantitative estimate of drug-likeness (QED) is 0.596. The predicted molar refractivity (Wildman–Crippen MR) is 57.5 cm³/mol. The Bertz CT molecular complexity index is 221. The lowest BCUT2D eigenvalue weighted by molar-refractivity contribution is 1.33. The second kappa shape index (κ2) is 4.35. The van der Waals surface area contributed by atoms with E-state index < -0.39 is 0 Å². The molecule has 12 heavy (non-hydrogen) atoms. The van der Waals surface area contributed by atoms with Gasteiger partial charge < -0.3 is 0 Å². The van der Waals surface area contributed by atoms with Crippen molar-refractivity contribution in [2.75, 3.05) is 0 Å². The highest BCUT2D eigenvalue weighted by molar-refractivity contribution is 6.73. The van der Waals surface area contributed by atoms with E-state index in [2.05, 4.69) is 45.0 Å². The molecule has 0 aliphatic heterocycles. The molecule has 1 aromatic rings. The summed E-state index contributed by atoms with van der Waals surface area (Å²) in [6.07, 6.45) is 2.50. The molecule has 0 bridgehead atoms. The molecule has 0 fully saturated rings. The molecular formula is C11H17B. The number of rotatable bonds is 3. The van der Waals surface area contributed by atoms with Crippen LogP contribution < -0.4 is 5.46 Å². The van der Waals surface area contributed by atoms with Gasteiger partial charge in [0, 0.05) is 0 Å². The molecule has 1 rings (SSSR count). The Balaban J connectivity index is 2.80. The van der Waals surface area contributed by atoms with Crippen molar-refractivity contribution in [1.82, 2.24) is 0 Å². The van der Waals surface area contributed by atoms with E-state index in [1.54, 1.807) is 0 Å². The van der Waals surface area contributed by atoms with Crippen LogP contribution in [0.5, 0.6) is 0 Å². The van der Waals surface area contributed by atoms with Crippen molar-refractivity contribution < 1.29 is 0 Å². The van der Waals surface area contributed by atoms with Gasteiger partial charge in [0.05, 0.1) is 0 Å². The van der Waals surface area contributed by atoms with Crippen molar-refractivity contribution in [3.8, 4) is 0 Å². The summed E-state index contributed by atoms with van der Waals surface area (Å²) in [5.41, 5.74) is 2.84. The maximum atomic E-state index is 2.26. The molecule has 0 nitrogen and oxygen atoms in total. The van der Waals surface area contributed by atoms with Gasteiger partial charge in [-0.1, -0.05) is 61.8 Å². The van der Waals surface area contributed by atoms with Crippen molar-refractivity contribution in [2.24, 2.45) is 0 Å². The Kier molecular flexibility index (Phi) is 3.39. The van der Waals surface area contributed by atoms with Gasteiger partial charge in [-0.25, -0.2) is 0 Å². The van der Waals surface area contributed by atoms with E-state index in [0.717, 1.165) is 6.71 Å². The van der Waals surface area contributed by atoms with Crippen LogP contribution in [0.1, 0.15) is 19.4 Å². The molecular weight excluding hydrogens is 143 g/mol. The van der Waals surface area contributed by atoms with Gasteiger partial charge >= 0.3 is 0 Å². The third-order valence-corrected chi connectivity index (χ3v) is 2.53. The van der Waals surface area contributed by atoms with Crippen LogP contribution in [0.4, 0.5) is 0 Å². The molecule has 0 aliphatic carbocycles. The highest BCUT2D eigenvalue weighted by atomic mass is 13.9. The molecule has 0 aliphatic rings. The van der Waals surface area contributed by atoms with Gasteiger partial charge in [0.2, 0.25) is 0 Å². The molecule has 1 aromatic carbocycles. The van der Waals surface area contributed by atoms with E-state index >= 15 is 0 Å². The molecule has 0 amide bonds. The third-order valence-electron chi connectivity index (χ3n) is 2.53. The molecule has 0 aromatic heterocycles. The summed E-state index contributed by atoms with van der Waals surface area (Å²) in [6, 6.07) is 8.92. The van der Waals surface area contributed by atoms with Crippen LogP contribution in [0.15, 0.2) is 24.3 Å². The fourth-order valence-electron chi connectivity index (χ4n) is 1.60. The Morgan fingerprint density at radius 1 is 1.00 bits per heavy atom. The van der Waals surface area contributed by atoms with Gasteiger partial charge in [0.15, 0.2) is 6.71 Å². The smallest absolute Gasteiger partial charge is 0.0801 e. The van der Waals surface area contributed by atoms with Gasteiger partial charge in [-0.3, -0.25) is 0 Å². The summed E-state index contributed by atoms with van der Waals surface area (Å²) in [4.78, 5) is 0. The Labute approximate surface area is 76.1 Å². The highest BCUT2D eigenvalue weighted by Gasteiger charge is 2.09. The van der Waals surface area contributed by atoms with Crippen LogP contribution in [0.25, 0.3) is 0 Å². The summed E-state index contributed by atoms with van der Waals surface area (Å²) < 4.78 is 0. The molecule has 1 heteroatoms. The summed E-state index contributed by atoms with van der Waals surface area (Å²) >= 11 is 0. The van der Waals surface area contributed by atoms with Crippen LogP contribution >= 0.6 is 0 Å². The first-order valence-corrected chi connectivity index (χ1v) is 4.84. The van der Waals surface area contributed by atoms with Gasteiger partial charge in [-0.15, -0.1) is 0 Å². The van der Waals surface area contributed by atoms with E-state index in [-0.39, 0.29) is 0 Å². The zero-order valence-corrected chi connectivity index (χ0v) is 8.30. The molecule has 0 saturated carbocycles. The van der Waals surface area contributed by atoms with Crippen LogP contribution in [0, 0.1) is 6.92 Å². The zero-order chi connectivity index (χ0) is 8.97. The lowest BCUT2D eigenvalue weighted by Gasteiger charge is -2.08. The molecule has 0 radical (unpaired) electrons. The number of aryl methyl sites for hydroxylation is 1. The maximum Gasteiger partial charge on any atom is 0.175 e. The minimum atomic E-state index is 0.755. The van der Waals surface area contributed by atoms with E-state index in [1.807, 2.05) is 0 Å². The van der Waals surface area contributed by atoms with Crippen molar-refractivity contribution in [3.63, 3.8) is 0 Å². The van der Waals surface area contributed by atoms with Gasteiger partial charge in [0.1, 0.15) is 0 Å². The molecule has 0 spiro atoms. The number of benzene rings is 1. The standard InChI is InChI=1S/C11H17B/c1-4-12(5-2)11-8-6-10(3)7-9-11/h6-9H,4-5H2,1-3H3. The Morgan fingerprint density at radius 2 is 1.50 bits per heavy atom. The number of hydrogen-bond donors (Lipinski definition) is 0. The second-order valence-electron chi connectivity index (χ2n) is 3.42. The molecule has 64 valence electrons. The molecule has 0 N–H and O–H groups in total. The Hall–Kier alpha value is -0.715. The third kappa shape index (κ3) is 2.13. The zero-order valence-electron chi connectivity index (χ0n) is 8.30. The minimum Gasteiger partial charge on any atom is -0.0801 e. The van der Waals surface area contributed by atoms with Crippen molar-refractivity contribution >= 4 is 12.2 Å². The number of hydrogen-bond acceptors (Lipinski definition) is 0. The van der Waals surface area contributed by atoms with Crippen LogP contribution in [-0.4, -0.2) is 6.71 Å². The summed E-state index contributed by atoms with van der Waals surface area (Å²) in [5, 5.41) is 0. The van der Waals surface area contributed by atoms with Crippen molar-refractivity contribution in [2.45, 2.75) is 33.4 Å². The Morgan fingerprint density at radius 3 is 1.92 bits per heavy atom. The van der Waals surface area contributed by atoms with E-state index in [1.165, 1.54) is 23.7 Å². The summed E-state index contributed by atoms with van der Waals surface area (Å²) in [7, 11) is 0. The normalized spacial score (nSPS) is 9.92. The molecule has 0 saturated heterocycles. The van der Waals surface area contributed by atoms with Gasteiger partial charge in [-0.05, 0) is 6.92 Å². The van der Waals surface area contributed by atoms with E-state index in [0.29, 0.717) is 0 Å². The molecule has 0 atom stereocenters. The first-order chi connectivity index (χ1) is 5.77. The average Bonchev–Trinajstić information content (AvgIpc) is 2.10. The largest absolute Gasteiger partial charge is 0.175 e.